The van der Waals surface area contributed by atoms with Crippen molar-refractivity contribution >= 4 is 10.0 Å². The minimum atomic E-state index is -4.91. The highest BCUT2D eigenvalue weighted by atomic mass is 32.2. The molecule has 0 aliphatic heterocycles. The Morgan fingerprint density at radius 2 is 1.73 bits per heavy atom. The van der Waals surface area contributed by atoms with E-state index in [0.717, 1.165) is 24.3 Å². The van der Waals surface area contributed by atoms with Crippen molar-refractivity contribution in [3.05, 3.63) is 53.8 Å². The highest BCUT2D eigenvalue weighted by Gasteiger charge is 2.31. The summed E-state index contributed by atoms with van der Waals surface area (Å²) in [5, 5.41) is 17.9. The number of aliphatic hydroxyl groups excluding tert-OH is 1. The largest absolute Gasteiger partial charge is 0.573 e. The number of nitrogens with zero attached hydrogens (tertiary/aromatic N) is 1. The smallest absolute Gasteiger partial charge is 0.406 e. The maximum atomic E-state index is 14.6. The lowest BCUT2D eigenvalue weighted by Gasteiger charge is -2.10. The Balaban J connectivity index is 2.13. The number of ether oxygens (including phenoxy) is 1. The lowest BCUT2D eigenvalue weighted by molar-refractivity contribution is -0.274. The summed E-state index contributed by atoms with van der Waals surface area (Å²) in [6, 6.07) is 5.11. The summed E-state index contributed by atoms with van der Waals surface area (Å²) in [6.07, 6.45) is -4.91. The van der Waals surface area contributed by atoms with Crippen LogP contribution in [0.1, 0.15) is 5.76 Å². The number of hydrogen-bond acceptors (Lipinski definition) is 6. The number of sulfonamides is 1. The molecule has 1 aromatic heterocycles. The third kappa shape index (κ3) is 4.42. The van der Waals surface area contributed by atoms with Gasteiger partial charge in [0.2, 0.25) is 10.0 Å². The second-order valence-electron chi connectivity index (χ2n) is 5.87. The highest BCUT2D eigenvalue weighted by molar-refractivity contribution is 7.89. The average molecular weight is 450 g/mol. The van der Waals surface area contributed by atoms with Gasteiger partial charge in [0.15, 0.2) is 5.76 Å². The third-order valence-corrected chi connectivity index (χ3v) is 4.79. The number of nitrogens with two attached hydrogens (primary N) is 1. The van der Waals surface area contributed by atoms with E-state index >= 15 is 0 Å². The van der Waals surface area contributed by atoms with Crippen LogP contribution in [0.15, 0.2) is 45.8 Å². The van der Waals surface area contributed by atoms with Gasteiger partial charge in [-0.2, -0.15) is 0 Å². The summed E-state index contributed by atoms with van der Waals surface area (Å²) in [4.78, 5) is -1.08. The van der Waals surface area contributed by atoms with E-state index in [0.29, 0.717) is 12.1 Å². The minimum absolute atomic E-state index is 0.123. The number of aromatic nitrogens is 1. The molecule has 1 heterocycles. The first-order valence-corrected chi connectivity index (χ1v) is 9.43. The molecule has 0 aliphatic rings. The van der Waals surface area contributed by atoms with E-state index in [1.165, 1.54) is 0 Å². The van der Waals surface area contributed by atoms with Gasteiger partial charge in [-0.15, -0.1) is 13.2 Å². The van der Waals surface area contributed by atoms with Crippen LogP contribution in [0, 0.1) is 11.6 Å². The molecule has 0 saturated heterocycles. The zero-order valence-corrected chi connectivity index (χ0v) is 15.4. The predicted octanol–water partition coefficient (Wildman–Crippen LogP) is 3.33. The summed E-state index contributed by atoms with van der Waals surface area (Å²) >= 11 is 0. The lowest BCUT2D eigenvalue weighted by Crippen LogP contribution is -2.16. The number of rotatable bonds is 5. The van der Waals surface area contributed by atoms with Crippen molar-refractivity contribution in [1.29, 1.82) is 0 Å². The van der Waals surface area contributed by atoms with Crippen molar-refractivity contribution in [2.75, 3.05) is 0 Å². The molecule has 0 atom stereocenters. The van der Waals surface area contributed by atoms with Crippen molar-refractivity contribution in [1.82, 2.24) is 5.16 Å². The summed E-state index contributed by atoms with van der Waals surface area (Å²) < 4.78 is 97.1. The van der Waals surface area contributed by atoms with Gasteiger partial charge in [0, 0.05) is 11.1 Å². The summed E-state index contributed by atoms with van der Waals surface area (Å²) in [5.74, 6) is -3.40. The minimum Gasteiger partial charge on any atom is -0.406 e. The molecule has 0 radical (unpaired) electrons. The molecular weight excluding hydrogens is 439 g/mol. The van der Waals surface area contributed by atoms with E-state index in [1.807, 2.05) is 0 Å². The van der Waals surface area contributed by atoms with Crippen molar-refractivity contribution in [2.45, 2.75) is 17.9 Å². The fraction of sp³-hybridized carbons (Fsp3) is 0.118. The van der Waals surface area contributed by atoms with Gasteiger partial charge < -0.3 is 14.4 Å². The SMILES string of the molecule is NS(=O)(=O)c1cc(F)c(-c2c(-c3ccc(OC(F)(F)F)cc3)noc2CO)cc1F. The Hall–Kier alpha value is -3.03. The van der Waals surface area contributed by atoms with Crippen LogP contribution in [0.25, 0.3) is 22.4 Å². The number of aliphatic hydroxyl groups is 1. The van der Waals surface area contributed by atoms with Crippen LogP contribution in [-0.4, -0.2) is 25.0 Å². The van der Waals surface area contributed by atoms with Gasteiger partial charge in [-0.3, -0.25) is 0 Å². The first kappa shape index (κ1) is 21.7. The van der Waals surface area contributed by atoms with Gasteiger partial charge in [-0.25, -0.2) is 22.3 Å². The second-order valence-corrected chi connectivity index (χ2v) is 7.40. The van der Waals surface area contributed by atoms with Crippen LogP contribution < -0.4 is 9.88 Å². The zero-order valence-electron chi connectivity index (χ0n) is 14.6. The summed E-state index contributed by atoms with van der Waals surface area (Å²) in [5.41, 5.74) is -0.743. The molecule has 0 bridgehead atoms. The number of primary sulfonamides is 1. The van der Waals surface area contributed by atoms with Gasteiger partial charge >= 0.3 is 6.36 Å². The van der Waals surface area contributed by atoms with Crippen molar-refractivity contribution in [3.63, 3.8) is 0 Å². The molecule has 13 heteroatoms. The molecule has 0 amide bonds. The highest BCUT2D eigenvalue weighted by Crippen LogP contribution is 2.38. The molecular formula is C17H11F5N2O5S. The van der Waals surface area contributed by atoms with Crippen LogP contribution in [0.2, 0.25) is 0 Å². The Kier molecular flexibility index (Phi) is 5.54. The van der Waals surface area contributed by atoms with Gasteiger partial charge in [-0.05, 0) is 36.4 Å². The van der Waals surface area contributed by atoms with Gasteiger partial charge in [0.05, 0.1) is 5.56 Å². The Labute approximate surface area is 165 Å². The molecule has 3 N–H and O–H groups in total. The van der Waals surface area contributed by atoms with Crippen molar-refractivity contribution < 1.29 is 44.7 Å². The Morgan fingerprint density at radius 3 is 2.27 bits per heavy atom. The number of halogens is 5. The van der Waals surface area contributed by atoms with Crippen molar-refractivity contribution in [2.24, 2.45) is 5.14 Å². The third-order valence-electron chi connectivity index (χ3n) is 3.87. The fourth-order valence-electron chi connectivity index (χ4n) is 2.66. The van der Waals surface area contributed by atoms with E-state index in [2.05, 4.69) is 9.89 Å². The predicted molar refractivity (Wildman–Crippen MR) is 91.3 cm³/mol. The van der Waals surface area contributed by atoms with E-state index in [9.17, 15) is 35.5 Å². The molecule has 0 spiro atoms. The second kappa shape index (κ2) is 7.66. The van der Waals surface area contributed by atoms with Gasteiger partial charge in [0.1, 0.15) is 34.6 Å². The van der Waals surface area contributed by atoms with E-state index in [-0.39, 0.29) is 22.6 Å². The maximum Gasteiger partial charge on any atom is 0.573 e. The molecule has 30 heavy (non-hydrogen) atoms. The van der Waals surface area contributed by atoms with Crippen LogP contribution in [0.4, 0.5) is 22.0 Å². The quantitative estimate of drug-likeness (QED) is 0.577. The maximum absolute atomic E-state index is 14.6. The molecule has 0 aliphatic carbocycles. The Bertz CT molecular complexity index is 1190. The van der Waals surface area contributed by atoms with E-state index < -0.39 is 50.8 Å². The molecule has 3 rings (SSSR count). The van der Waals surface area contributed by atoms with Gasteiger partial charge in [0.25, 0.3) is 0 Å². The molecule has 2 aromatic carbocycles. The molecule has 3 aromatic rings. The summed E-state index contributed by atoms with van der Waals surface area (Å²) in [6.45, 7) is -0.782. The molecule has 0 saturated carbocycles. The normalized spacial score (nSPS) is 12.2. The van der Waals surface area contributed by atoms with Gasteiger partial charge in [-0.1, -0.05) is 5.16 Å². The standard InChI is InChI=1S/C17H11F5N2O5S/c18-11-6-14(30(23,26)27)12(19)5-10(11)15-13(7-25)29-24-16(15)8-1-3-9(4-2-8)28-17(20,21)22/h1-6,25H,7H2,(H2,23,26,27). The van der Waals surface area contributed by atoms with Crippen LogP contribution in [0.3, 0.4) is 0 Å². The van der Waals surface area contributed by atoms with Crippen LogP contribution in [-0.2, 0) is 16.6 Å². The topological polar surface area (TPSA) is 116 Å². The number of alkyl halides is 3. The van der Waals surface area contributed by atoms with Crippen molar-refractivity contribution in [3.8, 4) is 28.1 Å². The zero-order chi connectivity index (χ0) is 22.3. The van der Waals surface area contributed by atoms with Crippen LogP contribution >= 0.6 is 0 Å². The first-order chi connectivity index (χ1) is 13.9. The fourth-order valence-corrected chi connectivity index (χ4v) is 3.26. The van der Waals surface area contributed by atoms with E-state index in [1.54, 1.807) is 0 Å². The molecule has 160 valence electrons. The van der Waals surface area contributed by atoms with E-state index in [4.69, 9.17) is 9.66 Å². The number of benzene rings is 2. The lowest BCUT2D eigenvalue weighted by atomic mass is 9.98. The first-order valence-electron chi connectivity index (χ1n) is 7.88. The summed E-state index contributed by atoms with van der Waals surface area (Å²) in [7, 11) is -4.55. The number of hydrogen-bond donors (Lipinski definition) is 2. The molecule has 0 unspecified atom stereocenters. The van der Waals surface area contributed by atoms with Crippen LogP contribution in [0.5, 0.6) is 5.75 Å². The molecule has 7 nitrogen and oxygen atoms in total. The monoisotopic (exact) mass is 450 g/mol. The Morgan fingerprint density at radius 1 is 1.10 bits per heavy atom. The molecule has 0 fully saturated rings. The average Bonchev–Trinajstić information content (AvgIpc) is 3.05.